The first kappa shape index (κ1) is 21.9. The first-order chi connectivity index (χ1) is 11.6. The minimum atomic E-state index is 0. The fourth-order valence-corrected chi connectivity index (χ4v) is 2.89. The Hall–Kier alpha value is -1.18. The third kappa shape index (κ3) is 6.92. The maximum absolute atomic E-state index is 6.13. The number of guanidine groups is 1. The number of rotatable bonds is 7. The Morgan fingerprint density at radius 2 is 1.80 bits per heavy atom. The highest BCUT2D eigenvalue weighted by Gasteiger charge is 2.16. The lowest BCUT2D eigenvalue weighted by Crippen LogP contribution is -2.42. The van der Waals surface area contributed by atoms with Gasteiger partial charge in [-0.25, -0.2) is 0 Å². The molecule has 0 bridgehead atoms. The first-order valence-electron chi connectivity index (χ1n) is 9.07. The predicted molar refractivity (Wildman–Crippen MR) is 114 cm³/mol. The van der Waals surface area contributed by atoms with Gasteiger partial charge in [0.15, 0.2) is 17.5 Å². The third-order valence-corrected chi connectivity index (χ3v) is 4.39. The largest absolute Gasteiger partial charge is 0.490 e. The Kier molecular flexibility index (Phi) is 10.0. The summed E-state index contributed by atoms with van der Waals surface area (Å²) in [7, 11) is 0. The molecule has 6 heteroatoms. The van der Waals surface area contributed by atoms with Gasteiger partial charge in [-0.1, -0.05) is 13.0 Å². The monoisotopic (exact) mass is 461 g/mol. The van der Waals surface area contributed by atoms with Crippen molar-refractivity contribution in [3.63, 3.8) is 0 Å². The van der Waals surface area contributed by atoms with Crippen LogP contribution < -0.4 is 15.2 Å². The molecule has 25 heavy (non-hydrogen) atoms. The van der Waals surface area contributed by atoms with E-state index in [-0.39, 0.29) is 24.0 Å². The summed E-state index contributed by atoms with van der Waals surface area (Å²) in [5.74, 6) is 3.08. The number of piperidine rings is 1. The van der Waals surface area contributed by atoms with Crippen molar-refractivity contribution in [1.82, 2.24) is 4.90 Å². The van der Waals surface area contributed by atoms with Crippen molar-refractivity contribution in [3.05, 3.63) is 23.8 Å². The van der Waals surface area contributed by atoms with E-state index >= 15 is 0 Å². The zero-order valence-corrected chi connectivity index (χ0v) is 18.0. The zero-order chi connectivity index (χ0) is 17.4. The van der Waals surface area contributed by atoms with Crippen LogP contribution in [0.15, 0.2) is 23.2 Å². The molecule has 1 fully saturated rings. The average molecular weight is 461 g/mol. The number of halogens is 1. The van der Waals surface area contributed by atoms with Crippen molar-refractivity contribution in [2.45, 2.75) is 40.0 Å². The predicted octanol–water partition coefficient (Wildman–Crippen LogP) is 3.69. The molecule has 1 aromatic rings. The van der Waals surface area contributed by atoms with Crippen molar-refractivity contribution in [2.75, 3.05) is 32.8 Å². The summed E-state index contributed by atoms with van der Waals surface area (Å²) in [6.07, 6.45) is 3.25. The molecule has 0 atom stereocenters. The lowest BCUT2D eigenvalue weighted by Gasteiger charge is -2.31. The highest BCUT2D eigenvalue weighted by molar-refractivity contribution is 14.0. The molecular weight excluding hydrogens is 429 g/mol. The van der Waals surface area contributed by atoms with Gasteiger partial charge in [-0.05, 0) is 56.7 Å². The molecular formula is C19H32IN3O2. The van der Waals surface area contributed by atoms with Crippen molar-refractivity contribution >= 4 is 29.9 Å². The molecule has 0 spiro atoms. The molecule has 2 N–H and O–H groups in total. The summed E-state index contributed by atoms with van der Waals surface area (Å²) in [5.41, 5.74) is 7.32. The normalized spacial score (nSPS) is 15.6. The van der Waals surface area contributed by atoms with Gasteiger partial charge in [-0.3, -0.25) is 4.99 Å². The maximum atomic E-state index is 6.13. The molecule has 2 rings (SSSR count). The average Bonchev–Trinajstić information content (AvgIpc) is 2.58. The molecule has 1 saturated heterocycles. The molecule has 142 valence electrons. The SMILES string of the molecule is CCOc1ccc(CCN=C(N)N2CCC(C)CC2)cc1OCC.I. The van der Waals surface area contributed by atoms with E-state index in [0.717, 1.165) is 36.9 Å². The number of nitrogens with zero attached hydrogens (tertiary/aromatic N) is 2. The maximum Gasteiger partial charge on any atom is 0.191 e. The Labute approximate surface area is 169 Å². The van der Waals surface area contributed by atoms with Crippen molar-refractivity contribution in [2.24, 2.45) is 16.6 Å². The number of nitrogens with two attached hydrogens (primary N) is 1. The zero-order valence-electron chi connectivity index (χ0n) is 15.7. The minimum Gasteiger partial charge on any atom is -0.490 e. The fourth-order valence-electron chi connectivity index (χ4n) is 2.89. The molecule has 0 saturated carbocycles. The van der Waals surface area contributed by atoms with E-state index in [4.69, 9.17) is 15.2 Å². The van der Waals surface area contributed by atoms with E-state index in [1.807, 2.05) is 26.0 Å². The molecule has 0 unspecified atom stereocenters. The topological polar surface area (TPSA) is 60.1 Å². The van der Waals surface area contributed by atoms with E-state index in [1.165, 1.54) is 18.4 Å². The van der Waals surface area contributed by atoms with Gasteiger partial charge >= 0.3 is 0 Å². The van der Waals surface area contributed by atoms with Gasteiger partial charge in [0, 0.05) is 19.6 Å². The van der Waals surface area contributed by atoms with Crippen LogP contribution in [0.5, 0.6) is 11.5 Å². The molecule has 0 aromatic heterocycles. The lowest BCUT2D eigenvalue weighted by atomic mass is 10.00. The number of ether oxygens (including phenoxy) is 2. The smallest absolute Gasteiger partial charge is 0.191 e. The van der Waals surface area contributed by atoms with Crippen LogP contribution in [0.3, 0.4) is 0 Å². The Morgan fingerprint density at radius 3 is 2.44 bits per heavy atom. The van der Waals surface area contributed by atoms with Crippen LogP contribution in [0.25, 0.3) is 0 Å². The second-order valence-corrected chi connectivity index (χ2v) is 6.31. The van der Waals surface area contributed by atoms with Crippen LogP contribution in [0, 0.1) is 5.92 Å². The number of hydrogen-bond donors (Lipinski definition) is 1. The molecule has 1 aliphatic heterocycles. The standard InChI is InChI=1S/C19H31N3O2.HI/c1-4-23-17-7-6-16(14-18(17)24-5-2)8-11-21-19(20)22-12-9-15(3)10-13-22;/h6-7,14-15H,4-5,8-13H2,1-3H3,(H2,20,21);1H. The van der Waals surface area contributed by atoms with Gasteiger partial charge in [-0.2, -0.15) is 0 Å². The summed E-state index contributed by atoms with van der Waals surface area (Å²) in [4.78, 5) is 6.75. The van der Waals surface area contributed by atoms with Gasteiger partial charge in [-0.15, -0.1) is 24.0 Å². The van der Waals surface area contributed by atoms with E-state index in [9.17, 15) is 0 Å². The van der Waals surface area contributed by atoms with E-state index in [0.29, 0.717) is 25.7 Å². The number of benzene rings is 1. The lowest BCUT2D eigenvalue weighted by molar-refractivity contribution is 0.277. The minimum absolute atomic E-state index is 0. The van der Waals surface area contributed by atoms with Crippen molar-refractivity contribution in [3.8, 4) is 11.5 Å². The first-order valence-corrected chi connectivity index (χ1v) is 9.07. The summed E-state index contributed by atoms with van der Waals surface area (Å²) in [5, 5.41) is 0. The van der Waals surface area contributed by atoms with Crippen LogP contribution in [0.2, 0.25) is 0 Å². The Morgan fingerprint density at radius 1 is 1.16 bits per heavy atom. The van der Waals surface area contributed by atoms with Gasteiger partial charge < -0.3 is 20.1 Å². The van der Waals surface area contributed by atoms with Crippen molar-refractivity contribution < 1.29 is 9.47 Å². The molecule has 1 heterocycles. The van der Waals surface area contributed by atoms with Crippen LogP contribution in [-0.2, 0) is 6.42 Å². The van der Waals surface area contributed by atoms with E-state index in [1.54, 1.807) is 0 Å². The van der Waals surface area contributed by atoms with E-state index < -0.39 is 0 Å². The number of hydrogen-bond acceptors (Lipinski definition) is 3. The molecule has 1 aromatic carbocycles. The van der Waals surface area contributed by atoms with Crippen molar-refractivity contribution in [1.29, 1.82) is 0 Å². The second-order valence-electron chi connectivity index (χ2n) is 6.31. The Bertz CT molecular complexity index is 543. The highest BCUT2D eigenvalue weighted by Crippen LogP contribution is 2.28. The highest BCUT2D eigenvalue weighted by atomic mass is 127. The molecule has 1 aliphatic rings. The van der Waals surface area contributed by atoms with Gasteiger partial charge in [0.05, 0.1) is 13.2 Å². The van der Waals surface area contributed by atoms with Gasteiger partial charge in [0.1, 0.15) is 0 Å². The van der Waals surface area contributed by atoms with Crippen LogP contribution in [0.4, 0.5) is 0 Å². The Balaban J connectivity index is 0.00000312. The summed E-state index contributed by atoms with van der Waals surface area (Å²) in [6.45, 7) is 10.2. The van der Waals surface area contributed by atoms with Gasteiger partial charge in [0.25, 0.3) is 0 Å². The second kappa shape index (κ2) is 11.4. The summed E-state index contributed by atoms with van der Waals surface area (Å²) >= 11 is 0. The molecule has 0 amide bonds. The van der Waals surface area contributed by atoms with Gasteiger partial charge in [0.2, 0.25) is 0 Å². The molecule has 5 nitrogen and oxygen atoms in total. The quantitative estimate of drug-likeness (QED) is 0.382. The molecule has 0 radical (unpaired) electrons. The van der Waals surface area contributed by atoms with E-state index in [2.05, 4.69) is 22.9 Å². The molecule has 0 aliphatic carbocycles. The summed E-state index contributed by atoms with van der Waals surface area (Å²) < 4.78 is 11.3. The third-order valence-electron chi connectivity index (χ3n) is 4.39. The summed E-state index contributed by atoms with van der Waals surface area (Å²) in [6, 6.07) is 6.09. The van der Waals surface area contributed by atoms with Crippen LogP contribution >= 0.6 is 24.0 Å². The number of likely N-dealkylation sites (tertiary alicyclic amines) is 1. The fraction of sp³-hybridized carbons (Fsp3) is 0.632. The van der Waals surface area contributed by atoms with Crippen LogP contribution in [-0.4, -0.2) is 43.7 Å². The number of aliphatic imine (C=N–C) groups is 1. The van der Waals surface area contributed by atoms with Crippen LogP contribution in [0.1, 0.15) is 39.2 Å².